The fraction of sp³-hybridized carbons (Fsp3) is 0.265. The summed E-state index contributed by atoms with van der Waals surface area (Å²) in [6, 6.07) is 25.4. The van der Waals surface area contributed by atoms with Gasteiger partial charge in [-0.25, -0.2) is 0 Å². The number of nitrogens with zero attached hydrogens (tertiary/aromatic N) is 1. The van der Waals surface area contributed by atoms with Gasteiger partial charge in [0, 0.05) is 17.3 Å². The van der Waals surface area contributed by atoms with Crippen molar-refractivity contribution in [3.63, 3.8) is 0 Å². The fourth-order valence-electron chi connectivity index (χ4n) is 8.83. The van der Waals surface area contributed by atoms with Gasteiger partial charge in [0.25, 0.3) is 0 Å². The second kappa shape index (κ2) is 14.2. The van der Waals surface area contributed by atoms with Gasteiger partial charge in [-0.1, -0.05) is 141 Å². The molecule has 1 heteroatoms. The molecule has 0 N–H and O–H groups in total. The van der Waals surface area contributed by atoms with Crippen LogP contribution in [-0.2, 0) is 0 Å². The molecule has 0 aliphatic heterocycles. The van der Waals surface area contributed by atoms with Crippen LogP contribution < -0.4 is 4.90 Å². The summed E-state index contributed by atoms with van der Waals surface area (Å²) in [5, 5.41) is 2.64. The van der Waals surface area contributed by atoms with Crippen molar-refractivity contribution in [1.29, 1.82) is 0 Å². The van der Waals surface area contributed by atoms with Gasteiger partial charge in [-0.3, -0.25) is 0 Å². The third-order valence-corrected chi connectivity index (χ3v) is 11.4. The third kappa shape index (κ3) is 6.42. The van der Waals surface area contributed by atoms with Gasteiger partial charge in [0.2, 0.25) is 0 Å². The molecule has 0 aromatic heterocycles. The van der Waals surface area contributed by atoms with E-state index in [0.717, 1.165) is 32.1 Å². The predicted octanol–water partition coefficient (Wildman–Crippen LogP) is 13.1. The van der Waals surface area contributed by atoms with Crippen LogP contribution in [0.15, 0.2) is 180 Å². The lowest BCUT2D eigenvalue weighted by molar-refractivity contribution is 0.552. The van der Waals surface area contributed by atoms with Crippen LogP contribution in [0.25, 0.3) is 16.3 Å². The van der Waals surface area contributed by atoms with Crippen molar-refractivity contribution in [3.05, 3.63) is 191 Å². The van der Waals surface area contributed by atoms with E-state index in [0.29, 0.717) is 17.9 Å². The van der Waals surface area contributed by atoms with Crippen LogP contribution in [0.5, 0.6) is 0 Å². The van der Waals surface area contributed by atoms with Crippen molar-refractivity contribution in [1.82, 2.24) is 0 Å². The van der Waals surface area contributed by atoms with Crippen LogP contribution >= 0.6 is 0 Å². The van der Waals surface area contributed by atoms with Crippen LogP contribution in [-0.4, -0.2) is 6.04 Å². The number of anilines is 1. The molecule has 0 fully saturated rings. The highest BCUT2D eigenvalue weighted by atomic mass is 15.2. The Morgan fingerprint density at radius 2 is 1.78 bits per heavy atom. The minimum atomic E-state index is 0.286. The molecule has 0 spiro atoms. The van der Waals surface area contributed by atoms with Gasteiger partial charge in [0.15, 0.2) is 0 Å². The van der Waals surface area contributed by atoms with Crippen molar-refractivity contribution < 1.29 is 0 Å². The standard InChI is InChI=1S/C49H49N/c1-4-12-38(13-5-2)46(44-19-11-15-39-14-9-10-18-43(39)44)31-35-21-23-36(24-22-35)37-25-27-42(28-26-37)50(41-16-7-6-8-17-41)49-33-40-32-47(40)45-29-20-34(3)30-48(45)49/h4-5,7,9-21,23-29,34-35,46,49H,1,6,8,22,30-33H2,2-3H3/b13-5-,38-12+. The quantitative estimate of drug-likeness (QED) is 0.197. The fourth-order valence-corrected chi connectivity index (χ4v) is 8.83. The summed E-state index contributed by atoms with van der Waals surface area (Å²) in [4.78, 5) is 2.66. The summed E-state index contributed by atoms with van der Waals surface area (Å²) in [7, 11) is 0. The zero-order valence-corrected chi connectivity index (χ0v) is 29.7. The van der Waals surface area contributed by atoms with Crippen molar-refractivity contribution in [2.24, 2.45) is 11.8 Å². The molecule has 0 saturated heterocycles. The predicted molar refractivity (Wildman–Crippen MR) is 215 cm³/mol. The molecule has 3 aromatic carbocycles. The van der Waals surface area contributed by atoms with E-state index in [-0.39, 0.29) is 5.92 Å². The van der Waals surface area contributed by atoms with Gasteiger partial charge in [-0.05, 0) is 132 Å². The molecule has 50 heavy (non-hydrogen) atoms. The van der Waals surface area contributed by atoms with Gasteiger partial charge in [-0.15, -0.1) is 0 Å². The molecule has 3 aromatic rings. The van der Waals surface area contributed by atoms with Crippen molar-refractivity contribution in [2.45, 2.75) is 70.8 Å². The maximum Gasteiger partial charge on any atom is 0.0597 e. The van der Waals surface area contributed by atoms with E-state index in [1.165, 1.54) is 57.3 Å². The second-order valence-corrected chi connectivity index (χ2v) is 14.8. The first-order valence-corrected chi connectivity index (χ1v) is 18.8. The molecule has 0 bridgehead atoms. The van der Waals surface area contributed by atoms with Crippen LogP contribution in [0.1, 0.15) is 75.8 Å². The highest BCUT2D eigenvalue weighted by molar-refractivity contribution is 5.86. The number of benzene rings is 3. The maximum atomic E-state index is 4.06. The smallest absolute Gasteiger partial charge is 0.0597 e. The largest absolute Gasteiger partial charge is 0.334 e. The first-order valence-electron chi connectivity index (χ1n) is 18.8. The molecule has 5 aliphatic carbocycles. The van der Waals surface area contributed by atoms with Gasteiger partial charge in [0.05, 0.1) is 6.04 Å². The summed E-state index contributed by atoms with van der Waals surface area (Å²) in [6.45, 7) is 8.53. The molecule has 8 rings (SSSR count). The van der Waals surface area contributed by atoms with E-state index in [9.17, 15) is 0 Å². The Labute approximate surface area is 299 Å². The number of rotatable bonds is 10. The van der Waals surface area contributed by atoms with Gasteiger partial charge in [0.1, 0.15) is 0 Å². The minimum Gasteiger partial charge on any atom is -0.334 e. The third-order valence-electron chi connectivity index (χ3n) is 11.4. The summed E-state index contributed by atoms with van der Waals surface area (Å²) >= 11 is 0. The molecule has 0 radical (unpaired) electrons. The first-order chi connectivity index (χ1) is 24.6. The van der Waals surface area contributed by atoms with E-state index in [1.54, 1.807) is 22.3 Å². The lowest BCUT2D eigenvalue weighted by Gasteiger charge is -2.40. The van der Waals surface area contributed by atoms with E-state index in [1.807, 2.05) is 6.08 Å². The first kappa shape index (κ1) is 32.3. The Kier molecular flexibility index (Phi) is 9.15. The van der Waals surface area contributed by atoms with Crippen molar-refractivity contribution in [3.8, 4) is 0 Å². The van der Waals surface area contributed by atoms with E-state index >= 15 is 0 Å². The maximum absolute atomic E-state index is 4.06. The molecular formula is C49H49N. The highest BCUT2D eigenvalue weighted by Crippen LogP contribution is 2.52. The number of hydrogen-bond acceptors (Lipinski definition) is 1. The van der Waals surface area contributed by atoms with Crippen LogP contribution in [0.2, 0.25) is 0 Å². The molecule has 250 valence electrons. The summed E-state index contributed by atoms with van der Waals surface area (Å²) < 4.78 is 0. The van der Waals surface area contributed by atoms with Gasteiger partial charge < -0.3 is 4.90 Å². The molecule has 1 nitrogen and oxygen atoms in total. The van der Waals surface area contributed by atoms with E-state index in [2.05, 4.69) is 159 Å². The molecule has 0 heterocycles. The highest BCUT2D eigenvalue weighted by Gasteiger charge is 2.40. The zero-order chi connectivity index (χ0) is 34.0. The minimum absolute atomic E-state index is 0.286. The normalized spacial score (nSPS) is 23.5. The Hall–Kier alpha value is -4.88. The topological polar surface area (TPSA) is 3.24 Å². The summed E-state index contributed by atoms with van der Waals surface area (Å²) in [6.07, 6.45) is 35.8. The van der Waals surface area contributed by atoms with Gasteiger partial charge in [-0.2, -0.15) is 0 Å². The average Bonchev–Trinajstić information content (AvgIpc) is 3.95. The van der Waals surface area contributed by atoms with E-state index < -0.39 is 0 Å². The molecule has 0 saturated carbocycles. The summed E-state index contributed by atoms with van der Waals surface area (Å²) in [5.41, 5.74) is 14.5. The van der Waals surface area contributed by atoms with Crippen molar-refractivity contribution in [2.75, 3.05) is 4.90 Å². The molecule has 0 amide bonds. The van der Waals surface area contributed by atoms with Crippen LogP contribution in [0.4, 0.5) is 5.69 Å². The van der Waals surface area contributed by atoms with Crippen molar-refractivity contribution >= 4 is 22.0 Å². The molecule has 5 aliphatic rings. The molecular weight excluding hydrogens is 603 g/mol. The molecule has 4 unspecified atom stereocenters. The van der Waals surface area contributed by atoms with Crippen LogP contribution in [0.3, 0.4) is 0 Å². The Morgan fingerprint density at radius 1 is 0.920 bits per heavy atom. The zero-order valence-electron chi connectivity index (χ0n) is 29.7. The number of fused-ring (bicyclic) bond motifs is 2. The summed E-state index contributed by atoms with van der Waals surface area (Å²) in [5.74, 6) is 1.35. The number of hydrogen-bond donors (Lipinski definition) is 0. The molecule has 4 atom stereocenters. The van der Waals surface area contributed by atoms with Gasteiger partial charge >= 0.3 is 0 Å². The monoisotopic (exact) mass is 651 g/mol. The Morgan fingerprint density at radius 3 is 2.56 bits per heavy atom. The Bertz CT molecular complexity index is 2080. The second-order valence-electron chi connectivity index (χ2n) is 14.8. The lowest BCUT2D eigenvalue weighted by atomic mass is 9.78. The lowest BCUT2D eigenvalue weighted by Crippen LogP contribution is -2.38. The Balaban J connectivity index is 1.04. The van der Waals surface area contributed by atoms with E-state index in [4.69, 9.17) is 0 Å². The number of allylic oxidation sites excluding steroid dienone is 16. The average molecular weight is 652 g/mol. The van der Waals surface area contributed by atoms with Crippen LogP contribution in [0, 0.1) is 11.8 Å². The SMILES string of the molecule is C=C/C=C(\C=C/C)C(CC1C=CC(c2ccc(N(C3=CCCC=C3)C3CC4=C(C4)C4=C3CC(C)C=C4)cc2)=CC1)c1cccc2ccccc12.